The van der Waals surface area contributed by atoms with Crippen LogP contribution >= 0.6 is 11.8 Å². The number of nitrogens with one attached hydrogen (secondary N) is 1. The number of methoxy groups -OCH3 is 1. The highest BCUT2D eigenvalue weighted by atomic mass is 32.2. The molecule has 1 aromatic carbocycles. The van der Waals surface area contributed by atoms with Crippen molar-refractivity contribution >= 4 is 29.3 Å². The molecule has 0 bridgehead atoms. The number of thioether (sulfide) groups is 1. The van der Waals surface area contributed by atoms with Gasteiger partial charge in [-0.1, -0.05) is 17.8 Å². The van der Waals surface area contributed by atoms with Crippen LogP contribution in [0.15, 0.2) is 53.9 Å². The van der Waals surface area contributed by atoms with Gasteiger partial charge in [-0.2, -0.15) is 0 Å². The summed E-state index contributed by atoms with van der Waals surface area (Å²) in [4.78, 5) is 30.2. The summed E-state index contributed by atoms with van der Waals surface area (Å²) in [6.07, 6.45) is 3.40. The van der Waals surface area contributed by atoms with E-state index in [1.165, 1.54) is 16.7 Å². The summed E-state index contributed by atoms with van der Waals surface area (Å²) in [7, 11) is 3.16. The minimum Gasteiger partial charge on any atom is -0.497 e. The van der Waals surface area contributed by atoms with Crippen LogP contribution in [0.5, 0.6) is 5.75 Å². The van der Waals surface area contributed by atoms with Crippen molar-refractivity contribution in [3.63, 3.8) is 0 Å². The number of aromatic nitrogens is 4. The van der Waals surface area contributed by atoms with E-state index in [0.717, 1.165) is 11.4 Å². The lowest BCUT2D eigenvalue weighted by Gasteiger charge is -2.17. The van der Waals surface area contributed by atoms with E-state index >= 15 is 0 Å². The van der Waals surface area contributed by atoms with Gasteiger partial charge in [-0.3, -0.25) is 14.6 Å². The summed E-state index contributed by atoms with van der Waals surface area (Å²) < 4.78 is 7.09. The number of carbonyl (C=O) groups is 2. The first-order valence-corrected chi connectivity index (χ1v) is 10.6. The molecule has 0 unspecified atom stereocenters. The molecule has 3 aromatic rings. The number of likely N-dealkylation sites (N-methyl/N-ethyl adjacent to an activating group) is 1. The molecule has 9 nitrogen and oxygen atoms in total. The largest absolute Gasteiger partial charge is 0.497 e. The number of nitrogens with zero attached hydrogens (tertiary/aromatic N) is 5. The van der Waals surface area contributed by atoms with Crippen molar-refractivity contribution in [2.45, 2.75) is 18.6 Å². The summed E-state index contributed by atoms with van der Waals surface area (Å²) in [5.74, 6) is 1.06. The third kappa shape index (κ3) is 5.82. The number of hydrogen-bond acceptors (Lipinski definition) is 7. The number of carbonyl (C=O) groups excluding carboxylic acids is 2. The Morgan fingerprint density at radius 2 is 1.97 bits per heavy atom. The first kappa shape index (κ1) is 22.3. The first-order valence-electron chi connectivity index (χ1n) is 9.66. The van der Waals surface area contributed by atoms with Gasteiger partial charge in [0, 0.05) is 43.3 Å². The standard InChI is InChI=1S/C21H24N6O3S/c1-4-27-20(15-8-10-22-11-9-15)24-25-21(27)31-14-19(29)26(2)13-18(28)23-16-6-5-7-17(12-16)30-3/h5-12H,4,13-14H2,1-3H3,(H,23,28). The van der Waals surface area contributed by atoms with Gasteiger partial charge in [0.25, 0.3) is 0 Å². The van der Waals surface area contributed by atoms with Gasteiger partial charge in [0.05, 0.1) is 19.4 Å². The van der Waals surface area contributed by atoms with Crippen LogP contribution in [-0.4, -0.2) is 62.9 Å². The van der Waals surface area contributed by atoms with Gasteiger partial charge < -0.3 is 19.5 Å². The molecule has 2 aromatic heterocycles. The van der Waals surface area contributed by atoms with Crippen molar-refractivity contribution in [1.29, 1.82) is 0 Å². The van der Waals surface area contributed by atoms with Gasteiger partial charge >= 0.3 is 0 Å². The van der Waals surface area contributed by atoms with Crippen molar-refractivity contribution in [2.24, 2.45) is 0 Å². The minimum atomic E-state index is -0.286. The number of pyridine rings is 1. The second-order valence-corrected chi connectivity index (χ2v) is 7.55. The molecule has 0 saturated carbocycles. The summed E-state index contributed by atoms with van der Waals surface area (Å²) in [5.41, 5.74) is 1.52. The molecule has 0 aliphatic carbocycles. The number of anilines is 1. The zero-order chi connectivity index (χ0) is 22.2. The minimum absolute atomic E-state index is 0.0562. The van der Waals surface area contributed by atoms with Crippen LogP contribution in [0.4, 0.5) is 5.69 Å². The topological polar surface area (TPSA) is 102 Å². The number of rotatable bonds is 9. The van der Waals surface area contributed by atoms with Gasteiger partial charge in [-0.05, 0) is 31.2 Å². The lowest BCUT2D eigenvalue weighted by atomic mass is 10.2. The Morgan fingerprint density at radius 3 is 2.68 bits per heavy atom. The second-order valence-electron chi connectivity index (χ2n) is 6.60. The maximum absolute atomic E-state index is 12.5. The molecule has 2 heterocycles. The van der Waals surface area contributed by atoms with E-state index in [0.29, 0.717) is 23.1 Å². The number of amides is 2. The van der Waals surface area contributed by atoms with Crippen LogP contribution in [0, 0.1) is 0 Å². The SMILES string of the molecule is CCn1c(SCC(=O)N(C)CC(=O)Nc2cccc(OC)c2)nnc1-c1ccncc1. The first-order chi connectivity index (χ1) is 15.0. The molecule has 162 valence electrons. The zero-order valence-corrected chi connectivity index (χ0v) is 18.4. The fourth-order valence-corrected chi connectivity index (χ4v) is 3.78. The Hall–Kier alpha value is -3.40. The third-order valence-electron chi connectivity index (χ3n) is 4.46. The Labute approximate surface area is 184 Å². The normalized spacial score (nSPS) is 10.5. The molecule has 0 atom stereocenters. The Morgan fingerprint density at radius 1 is 1.19 bits per heavy atom. The molecule has 0 fully saturated rings. The molecule has 3 rings (SSSR count). The molecule has 0 aliphatic heterocycles. The van der Waals surface area contributed by atoms with E-state index in [1.807, 2.05) is 23.6 Å². The van der Waals surface area contributed by atoms with Crippen LogP contribution in [0.2, 0.25) is 0 Å². The van der Waals surface area contributed by atoms with Gasteiger partial charge in [-0.15, -0.1) is 10.2 Å². The van der Waals surface area contributed by atoms with E-state index in [2.05, 4.69) is 20.5 Å². The van der Waals surface area contributed by atoms with E-state index in [1.54, 1.807) is 50.8 Å². The van der Waals surface area contributed by atoms with Crippen molar-refractivity contribution in [2.75, 3.05) is 31.8 Å². The summed E-state index contributed by atoms with van der Waals surface area (Å²) in [6.45, 7) is 2.61. The highest BCUT2D eigenvalue weighted by Gasteiger charge is 2.17. The smallest absolute Gasteiger partial charge is 0.243 e. The molecule has 0 spiro atoms. The fraction of sp³-hybridized carbons (Fsp3) is 0.286. The Kier molecular flexibility index (Phi) is 7.60. The van der Waals surface area contributed by atoms with Crippen molar-refractivity contribution < 1.29 is 14.3 Å². The van der Waals surface area contributed by atoms with Crippen LogP contribution in [-0.2, 0) is 16.1 Å². The van der Waals surface area contributed by atoms with Crippen LogP contribution in [0.1, 0.15) is 6.92 Å². The maximum Gasteiger partial charge on any atom is 0.243 e. The number of benzene rings is 1. The molecule has 0 aliphatic rings. The summed E-state index contributed by atoms with van der Waals surface area (Å²) in [6, 6.07) is 10.8. The third-order valence-corrected chi connectivity index (χ3v) is 5.41. The lowest BCUT2D eigenvalue weighted by molar-refractivity contribution is -0.131. The zero-order valence-electron chi connectivity index (χ0n) is 17.6. The van der Waals surface area contributed by atoms with Crippen molar-refractivity contribution in [3.8, 4) is 17.1 Å². The number of ether oxygens (including phenoxy) is 1. The molecule has 0 radical (unpaired) electrons. The highest BCUT2D eigenvalue weighted by Crippen LogP contribution is 2.23. The predicted octanol–water partition coefficient (Wildman–Crippen LogP) is 2.56. The summed E-state index contributed by atoms with van der Waals surface area (Å²) in [5, 5.41) is 11.9. The van der Waals surface area contributed by atoms with Crippen LogP contribution in [0.3, 0.4) is 0 Å². The van der Waals surface area contributed by atoms with E-state index in [4.69, 9.17) is 4.74 Å². The lowest BCUT2D eigenvalue weighted by Crippen LogP contribution is -2.36. The van der Waals surface area contributed by atoms with Gasteiger partial charge in [0.1, 0.15) is 5.75 Å². The molecule has 0 saturated heterocycles. The van der Waals surface area contributed by atoms with Crippen LogP contribution in [0.25, 0.3) is 11.4 Å². The van der Waals surface area contributed by atoms with Crippen molar-refractivity contribution in [3.05, 3.63) is 48.8 Å². The molecule has 1 N–H and O–H groups in total. The quantitative estimate of drug-likeness (QED) is 0.510. The molecule has 10 heteroatoms. The molecule has 31 heavy (non-hydrogen) atoms. The van der Waals surface area contributed by atoms with Gasteiger partial charge in [0.2, 0.25) is 11.8 Å². The predicted molar refractivity (Wildman–Crippen MR) is 119 cm³/mol. The van der Waals surface area contributed by atoms with Gasteiger partial charge in [-0.25, -0.2) is 0 Å². The number of hydrogen-bond donors (Lipinski definition) is 1. The second kappa shape index (κ2) is 10.6. The van der Waals surface area contributed by atoms with E-state index < -0.39 is 0 Å². The van der Waals surface area contributed by atoms with E-state index in [-0.39, 0.29) is 24.1 Å². The van der Waals surface area contributed by atoms with Crippen molar-refractivity contribution in [1.82, 2.24) is 24.6 Å². The fourth-order valence-electron chi connectivity index (χ4n) is 2.84. The summed E-state index contributed by atoms with van der Waals surface area (Å²) >= 11 is 1.29. The maximum atomic E-state index is 12.5. The highest BCUT2D eigenvalue weighted by molar-refractivity contribution is 7.99. The monoisotopic (exact) mass is 440 g/mol. The van der Waals surface area contributed by atoms with E-state index in [9.17, 15) is 9.59 Å². The van der Waals surface area contributed by atoms with Crippen LogP contribution < -0.4 is 10.1 Å². The van der Waals surface area contributed by atoms with Gasteiger partial charge in [0.15, 0.2) is 11.0 Å². The Bertz CT molecular complexity index is 1040. The Balaban J connectivity index is 1.55. The molecular weight excluding hydrogens is 416 g/mol. The average molecular weight is 441 g/mol. The molecular formula is C21H24N6O3S. The average Bonchev–Trinajstić information content (AvgIpc) is 3.20. The molecule has 2 amide bonds.